The van der Waals surface area contributed by atoms with Crippen molar-refractivity contribution >= 4 is 29.5 Å². The second-order valence-corrected chi connectivity index (χ2v) is 15.2. The molecule has 5 atom stereocenters. The summed E-state index contributed by atoms with van der Waals surface area (Å²) in [5, 5.41) is 26.0. The van der Waals surface area contributed by atoms with E-state index in [1.807, 2.05) is 80.3 Å². The number of carbonyl (C=O) groups is 5. The second-order valence-electron chi connectivity index (χ2n) is 15.2. The van der Waals surface area contributed by atoms with E-state index in [4.69, 9.17) is 4.84 Å². The number of piperazine rings is 1. The Bertz CT molecular complexity index is 1540. The third-order valence-electron chi connectivity index (χ3n) is 9.98. The van der Waals surface area contributed by atoms with Crippen molar-refractivity contribution in [3.8, 4) is 0 Å². The minimum Gasteiger partial charge on any atom is -0.392 e. The zero-order chi connectivity index (χ0) is 36.7. The van der Waals surface area contributed by atoms with Crippen LogP contribution in [0.1, 0.15) is 81.9 Å². The number of nitrogens with one attached hydrogen (secondary N) is 1. The number of aliphatic hydroxyl groups is 2. The van der Waals surface area contributed by atoms with Crippen LogP contribution in [0, 0.1) is 5.92 Å². The first-order chi connectivity index (χ1) is 24.3. The van der Waals surface area contributed by atoms with E-state index >= 15 is 0 Å². The van der Waals surface area contributed by atoms with Gasteiger partial charge in [-0.25, -0.2) is 4.79 Å². The number of aliphatic hydroxyl groups excluding tert-OH is 2. The van der Waals surface area contributed by atoms with Gasteiger partial charge in [0, 0.05) is 69.2 Å². The van der Waals surface area contributed by atoms with Crippen LogP contribution in [0.4, 0.5) is 0 Å². The minimum atomic E-state index is -0.884. The van der Waals surface area contributed by atoms with Crippen molar-refractivity contribution in [2.45, 2.75) is 102 Å². The maximum Gasteiger partial charge on any atom is 0.333 e. The summed E-state index contributed by atoms with van der Waals surface area (Å²) in [6.45, 7) is 7.88. The van der Waals surface area contributed by atoms with Crippen molar-refractivity contribution < 1.29 is 39.0 Å². The number of ketones is 1. The molecule has 3 aliphatic rings. The van der Waals surface area contributed by atoms with Gasteiger partial charge >= 0.3 is 5.97 Å². The highest BCUT2D eigenvalue weighted by atomic mass is 16.7. The van der Waals surface area contributed by atoms with E-state index in [0.717, 1.165) is 16.7 Å². The molecule has 0 radical (unpaired) electrons. The molecule has 2 aromatic rings. The van der Waals surface area contributed by atoms with E-state index in [1.54, 1.807) is 0 Å². The third kappa shape index (κ3) is 10.5. The summed E-state index contributed by atoms with van der Waals surface area (Å²) < 4.78 is 0. The van der Waals surface area contributed by atoms with Crippen molar-refractivity contribution in [2.75, 3.05) is 32.7 Å². The Labute approximate surface area is 300 Å². The molecule has 0 unspecified atom stereocenters. The fourth-order valence-electron chi connectivity index (χ4n) is 7.44. The number of nitrogens with zero attached hydrogens (tertiary/aromatic N) is 3. The first-order valence-electron chi connectivity index (χ1n) is 18.1. The summed E-state index contributed by atoms with van der Waals surface area (Å²) in [5.41, 5.74) is 2.59. The summed E-state index contributed by atoms with van der Waals surface area (Å²) in [6, 6.07) is 17.0. The smallest absolute Gasteiger partial charge is 0.333 e. The van der Waals surface area contributed by atoms with Crippen LogP contribution in [0.25, 0.3) is 0 Å². The monoisotopic (exact) mass is 704 g/mol. The van der Waals surface area contributed by atoms with E-state index in [1.165, 1.54) is 0 Å². The molecule has 2 aliphatic heterocycles. The van der Waals surface area contributed by atoms with Crippen LogP contribution in [0.5, 0.6) is 0 Å². The Hall–Kier alpha value is -3.97. The average molecular weight is 705 g/mol. The Morgan fingerprint density at radius 2 is 1.67 bits per heavy atom. The fraction of sp³-hybridized carbons (Fsp3) is 0.564. The topological polar surface area (TPSA) is 157 Å². The largest absolute Gasteiger partial charge is 0.392 e. The van der Waals surface area contributed by atoms with Crippen LogP contribution in [0.15, 0.2) is 54.6 Å². The molecule has 2 aromatic carbocycles. The molecular weight excluding hydrogens is 652 g/mol. The molecule has 0 spiro atoms. The zero-order valence-corrected chi connectivity index (χ0v) is 30.0. The first-order valence-corrected chi connectivity index (χ1v) is 18.1. The second kappa shape index (κ2) is 17.0. The normalized spacial score (nSPS) is 22.5. The Morgan fingerprint density at radius 1 is 0.980 bits per heavy atom. The number of fused-ring (bicyclic) bond motifs is 1. The number of hydrogen-bond donors (Lipinski definition) is 3. The van der Waals surface area contributed by atoms with Crippen molar-refractivity contribution in [1.29, 1.82) is 0 Å². The molecule has 12 nitrogen and oxygen atoms in total. The Kier molecular flexibility index (Phi) is 12.8. The number of carbonyl (C=O) groups excluding carboxylic acids is 5. The lowest BCUT2D eigenvalue weighted by atomic mass is 9.83. The lowest BCUT2D eigenvalue weighted by molar-refractivity contribution is -0.197. The summed E-state index contributed by atoms with van der Waals surface area (Å²) in [4.78, 5) is 72.5. The van der Waals surface area contributed by atoms with Crippen LogP contribution in [-0.4, -0.2) is 111 Å². The lowest BCUT2D eigenvalue weighted by Gasteiger charge is -2.42. The van der Waals surface area contributed by atoms with Gasteiger partial charge in [-0.2, -0.15) is 0 Å². The molecule has 3 amide bonds. The molecule has 2 fully saturated rings. The van der Waals surface area contributed by atoms with Crippen molar-refractivity contribution in [2.24, 2.45) is 5.92 Å². The SMILES string of the molecule is CC(C)(C)NC(=O)[C@@H]1CN(CCCC(=O)ON2C(=O)CCC2=O)CCN1C[C@@H](O)C[C@@H](Cc1ccccc1)C(=O)C[C@H]1c2ccccc2C[C@H]1O. The number of imide groups is 1. The number of Topliss-reactive ketones (excluding diaryl/α,β-unsaturated/α-hetero) is 1. The van der Waals surface area contributed by atoms with Gasteiger partial charge in [0.1, 0.15) is 11.8 Å². The molecule has 2 saturated heterocycles. The predicted octanol–water partition coefficient (Wildman–Crippen LogP) is 2.54. The van der Waals surface area contributed by atoms with Gasteiger partial charge in [0.2, 0.25) is 5.91 Å². The number of amides is 3. The van der Waals surface area contributed by atoms with Crippen molar-refractivity contribution in [1.82, 2.24) is 20.2 Å². The average Bonchev–Trinajstić information content (AvgIpc) is 3.57. The number of benzene rings is 2. The van der Waals surface area contributed by atoms with E-state index in [-0.39, 0.29) is 56.3 Å². The van der Waals surface area contributed by atoms with Crippen molar-refractivity contribution in [3.63, 3.8) is 0 Å². The number of hydroxylamine groups is 2. The van der Waals surface area contributed by atoms with Gasteiger partial charge < -0.3 is 20.4 Å². The van der Waals surface area contributed by atoms with Crippen LogP contribution in [0.3, 0.4) is 0 Å². The molecule has 0 aromatic heterocycles. The van der Waals surface area contributed by atoms with Crippen molar-refractivity contribution in [3.05, 3.63) is 71.3 Å². The van der Waals surface area contributed by atoms with Gasteiger partial charge in [-0.3, -0.25) is 29.0 Å². The van der Waals surface area contributed by atoms with Gasteiger partial charge in [0.15, 0.2) is 0 Å². The van der Waals surface area contributed by atoms with Crippen LogP contribution in [0.2, 0.25) is 0 Å². The van der Waals surface area contributed by atoms with Crippen LogP contribution in [-0.2, 0) is 41.7 Å². The highest BCUT2D eigenvalue weighted by Crippen LogP contribution is 2.37. The van der Waals surface area contributed by atoms with Gasteiger partial charge in [-0.05, 0) is 69.7 Å². The van der Waals surface area contributed by atoms with Gasteiger partial charge in [0.05, 0.1) is 12.2 Å². The predicted molar refractivity (Wildman–Crippen MR) is 189 cm³/mol. The Balaban J connectivity index is 1.21. The third-order valence-corrected chi connectivity index (χ3v) is 9.98. The summed E-state index contributed by atoms with van der Waals surface area (Å²) >= 11 is 0. The lowest BCUT2D eigenvalue weighted by Crippen LogP contribution is -2.62. The highest BCUT2D eigenvalue weighted by molar-refractivity contribution is 6.01. The zero-order valence-electron chi connectivity index (χ0n) is 30.0. The highest BCUT2D eigenvalue weighted by Gasteiger charge is 2.38. The van der Waals surface area contributed by atoms with Crippen LogP contribution < -0.4 is 5.32 Å². The van der Waals surface area contributed by atoms with Gasteiger partial charge in [-0.15, -0.1) is 5.06 Å². The summed E-state index contributed by atoms with van der Waals surface area (Å²) in [7, 11) is 0. The molecule has 0 bridgehead atoms. The molecule has 5 rings (SSSR count). The summed E-state index contributed by atoms with van der Waals surface area (Å²) in [6.07, 6.45) is 0.372. The number of hydrogen-bond acceptors (Lipinski definition) is 10. The molecule has 3 N–H and O–H groups in total. The molecule has 276 valence electrons. The first kappa shape index (κ1) is 38.3. The van der Waals surface area contributed by atoms with E-state index < -0.39 is 47.5 Å². The minimum absolute atomic E-state index is 0.00231. The maximum absolute atomic E-state index is 14.0. The standard InChI is InChI=1S/C39H52N4O8/c1-39(2,3)40-38(50)32-25-41(17-9-14-37(49)51-43-35(47)15-16-36(43)48)18-19-42(32)24-29(44)21-28(20-26-10-5-4-6-11-26)33(45)23-31-30-13-8-7-12-27(30)22-34(31)46/h4-8,10-13,28-29,31-32,34,44,46H,9,14-25H2,1-3H3,(H,40,50)/t28-,29+,31+,32+,34-/m1/s1. The molecule has 12 heteroatoms. The van der Waals surface area contributed by atoms with E-state index in [2.05, 4.69) is 10.2 Å². The quantitative estimate of drug-likeness (QED) is 0.236. The molecule has 0 saturated carbocycles. The number of β-amino-alcohol motifs (C(OH)–C–C–N with tert-alkyl or cyclic N) is 1. The van der Waals surface area contributed by atoms with Gasteiger partial charge in [-0.1, -0.05) is 54.6 Å². The van der Waals surface area contributed by atoms with E-state index in [0.29, 0.717) is 50.5 Å². The Morgan fingerprint density at radius 3 is 2.37 bits per heavy atom. The van der Waals surface area contributed by atoms with Gasteiger partial charge in [0.25, 0.3) is 11.8 Å². The summed E-state index contributed by atoms with van der Waals surface area (Å²) in [5.74, 6) is -2.63. The molecule has 51 heavy (non-hydrogen) atoms. The molecule has 1 aliphatic carbocycles. The molecule has 2 heterocycles. The fourth-order valence-corrected chi connectivity index (χ4v) is 7.44. The molecular formula is C39H52N4O8. The maximum atomic E-state index is 14.0. The van der Waals surface area contributed by atoms with Crippen LogP contribution >= 0.6 is 0 Å². The number of rotatable bonds is 15. The van der Waals surface area contributed by atoms with E-state index in [9.17, 15) is 34.2 Å².